The van der Waals surface area contributed by atoms with E-state index in [2.05, 4.69) is 5.32 Å². The summed E-state index contributed by atoms with van der Waals surface area (Å²) in [7, 11) is 1.47. The SMILES string of the molecule is COc1ccc(Cl)cc1NC(=O)COC(=O)/C=C/c1cccc(Cl)c1. The second-order valence-electron chi connectivity index (χ2n) is 4.89. The molecule has 1 N–H and O–H groups in total. The fourth-order valence-corrected chi connectivity index (χ4v) is 2.29. The highest BCUT2D eigenvalue weighted by Gasteiger charge is 2.10. The molecular weight excluding hydrogens is 365 g/mol. The Balaban J connectivity index is 1.87. The lowest BCUT2D eigenvalue weighted by Crippen LogP contribution is -2.20. The Morgan fingerprint density at radius 2 is 1.88 bits per heavy atom. The van der Waals surface area contributed by atoms with E-state index in [1.165, 1.54) is 13.2 Å². The van der Waals surface area contributed by atoms with Gasteiger partial charge in [0.05, 0.1) is 12.8 Å². The first-order valence-corrected chi connectivity index (χ1v) is 7.97. The topological polar surface area (TPSA) is 64.6 Å². The molecule has 0 radical (unpaired) electrons. The molecule has 0 saturated carbocycles. The van der Waals surface area contributed by atoms with Crippen LogP contribution in [0.4, 0.5) is 5.69 Å². The maximum absolute atomic E-state index is 11.9. The van der Waals surface area contributed by atoms with Crippen molar-refractivity contribution in [2.24, 2.45) is 0 Å². The number of methoxy groups -OCH3 is 1. The van der Waals surface area contributed by atoms with Crippen LogP contribution < -0.4 is 10.1 Å². The number of esters is 1. The molecule has 0 bridgehead atoms. The number of halogens is 2. The largest absolute Gasteiger partial charge is 0.495 e. The number of anilines is 1. The van der Waals surface area contributed by atoms with Gasteiger partial charge in [0.25, 0.3) is 5.91 Å². The van der Waals surface area contributed by atoms with E-state index >= 15 is 0 Å². The van der Waals surface area contributed by atoms with Crippen molar-refractivity contribution >= 4 is 46.8 Å². The number of rotatable bonds is 6. The van der Waals surface area contributed by atoms with Crippen molar-refractivity contribution in [1.29, 1.82) is 0 Å². The Labute approximate surface area is 155 Å². The number of hydrogen-bond donors (Lipinski definition) is 1. The van der Waals surface area contributed by atoms with Crippen LogP contribution in [0.15, 0.2) is 48.5 Å². The zero-order valence-electron chi connectivity index (χ0n) is 13.3. The van der Waals surface area contributed by atoms with E-state index in [4.69, 9.17) is 32.7 Å². The lowest BCUT2D eigenvalue weighted by Gasteiger charge is -2.10. The molecule has 2 aromatic rings. The molecule has 0 aliphatic carbocycles. The third kappa shape index (κ3) is 6.14. The predicted octanol–water partition coefficient (Wildman–Crippen LogP) is 4.20. The van der Waals surface area contributed by atoms with E-state index in [0.717, 1.165) is 5.56 Å². The lowest BCUT2D eigenvalue weighted by molar-refractivity contribution is -0.142. The number of nitrogens with one attached hydrogen (secondary N) is 1. The molecular formula is C18H15Cl2NO4. The highest BCUT2D eigenvalue weighted by molar-refractivity contribution is 6.31. The van der Waals surface area contributed by atoms with Crippen LogP contribution in [-0.4, -0.2) is 25.6 Å². The molecule has 0 heterocycles. The van der Waals surface area contributed by atoms with Gasteiger partial charge in [-0.15, -0.1) is 0 Å². The Morgan fingerprint density at radius 1 is 1.12 bits per heavy atom. The monoisotopic (exact) mass is 379 g/mol. The first-order chi connectivity index (χ1) is 12.0. The molecule has 7 heteroatoms. The van der Waals surface area contributed by atoms with Gasteiger partial charge in [0, 0.05) is 16.1 Å². The van der Waals surface area contributed by atoms with Gasteiger partial charge in [0.1, 0.15) is 5.75 Å². The first kappa shape index (κ1) is 18.8. The molecule has 0 aliphatic rings. The molecule has 0 spiro atoms. The van der Waals surface area contributed by atoms with Gasteiger partial charge in [-0.25, -0.2) is 4.79 Å². The summed E-state index contributed by atoms with van der Waals surface area (Å²) in [6.45, 7) is -0.436. The van der Waals surface area contributed by atoms with Gasteiger partial charge in [0.2, 0.25) is 0 Å². The summed E-state index contributed by atoms with van der Waals surface area (Å²) in [5, 5.41) is 3.57. The molecule has 0 unspecified atom stereocenters. The molecule has 2 rings (SSSR count). The first-order valence-electron chi connectivity index (χ1n) is 7.22. The van der Waals surface area contributed by atoms with E-state index in [1.54, 1.807) is 48.5 Å². The number of amides is 1. The van der Waals surface area contributed by atoms with Gasteiger partial charge in [0.15, 0.2) is 6.61 Å². The third-order valence-corrected chi connectivity index (χ3v) is 3.51. The summed E-state index contributed by atoms with van der Waals surface area (Å²) in [4.78, 5) is 23.6. The van der Waals surface area contributed by atoms with Crippen molar-refractivity contribution < 1.29 is 19.1 Å². The Kier molecular flexibility index (Phi) is 6.86. The second-order valence-corrected chi connectivity index (χ2v) is 5.76. The molecule has 0 atom stereocenters. The molecule has 2 aromatic carbocycles. The normalized spacial score (nSPS) is 10.5. The molecule has 1 amide bonds. The molecule has 0 fully saturated rings. The van der Waals surface area contributed by atoms with E-state index in [-0.39, 0.29) is 0 Å². The molecule has 130 valence electrons. The second kappa shape index (κ2) is 9.11. The van der Waals surface area contributed by atoms with Crippen molar-refractivity contribution in [3.8, 4) is 5.75 Å². The summed E-state index contributed by atoms with van der Waals surface area (Å²) in [6.07, 6.45) is 2.77. The Hall–Kier alpha value is -2.50. The average molecular weight is 380 g/mol. The van der Waals surface area contributed by atoms with Gasteiger partial charge in [-0.3, -0.25) is 4.79 Å². The third-order valence-electron chi connectivity index (χ3n) is 3.04. The molecule has 0 saturated heterocycles. The van der Waals surface area contributed by atoms with Crippen LogP contribution in [0.25, 0.3) is 6.08 Å². The summed E-state index contributed by atoms with van der Waals surface area (Å²) >= 11 is 11.7. The standard InChI is InChI=1S/C18H15Cl2NO4/c1-24-16-7-6-14(20)10-15(16)21-17(22)11-25-18(23)8-5-12-3-2-4-13(19)9-12/h2-10H,11H2,1H3,(H,21,22)/b8-5+. The predicted molar refractivity (Wildman–Crippen MR) is 98.1 cm³/mol. The summed E-state index contributed by atoms with van der Waals surface area (Å²) in [5.74, 6) is -0.705. The van der Waals surface area contributed by atoms with Crippen molar-refractivity contribution in [3.05, 3.63) is 64.1 Å². The van der Waals surface area contributed by atoms with Crippen molar-refractivity contribution in [1.82, 2.24) is 0 Å². The van der Waals surface area contributed by atoms with Crippen LogP contribution in [0, 0.1) is 0 Å². The van der Waals surface area contributed by atoms with Gasteiger partial charge >= 0.3 is 5.97 Å². The number of hydrogen-bond acceptors (Lipinski definition) is 4. The fourth-order valence-electron chi connectivity index (χ4n) is 1.92. The number of carbonyl (C=O) groups excluding carboxylic acids is 2. The summed E-state index contributed by atoms with van der Waals surface area (Å²) in [6, 6.07) is 11.8. The molecule has 0 aromatic heterocycles. The molecule has 5 nitrogen and oxygen atoms in total. The Morgan fingerprint density at radius 3 is 2.60 bits per heavy atom. The van der Waals surface area contributed by atoms with Crippen LogP contribution in [0.1, 0.15) is 5.56 Å². The van der Waals surface area contributed by atoms with Gasteiger partial charge in [-0.2, -0.15) is 0 Å². The fraction of sp³-hybridized carbons (Fsp3) is 0.111. The van der Waals surface area contributed by atoms with Crippen LogP contribution in [0.3, 0.4) is 0 Å². The lowest BCUT2D eigenvalue weighted by atomic mass is 10.2. The molecule has 25 heavy (non-hydrogen) atoms. The van der Waals surface area contributed by atoms with Crippen LogP contribution in [-0.2, 0) is 14.3 Å². The van der Waals surface area contributed by atoms with E-state index in [9.17, 15) is 9.59 Å². The Bertz CT molecular complexity index is 805. The number of ether oxygens (including phenoxy) is 2. The maximum atomic E-state index is 11.9. The van der Waals surface area contributed by atoms with Gasteiger partial charge < -0.3 is 14.8 Å². The highest BCUT2D eigenvalue weighted by Crippen LogP contribution is 2.27. The number of benzene rings is 2. The summed E-state index contributed by atoms with van der Waals surface area (Å²) < 4.78 is 10.0. The quantitative estimate of drug-likeness (QED) is 0.603. The minimum absolute atomic E-state index is 0.394. The summed E-state index contributed by atoms with van der Waals surface area (Å²) in [5.41, 5.74) is 1.14. The van der Waals surface area contributed by atoms with Crippen LogP contribution in [0.2, 0.25) is 10.0 Å². The number of carbonyl (C=O) groups is 2. The molecule has 0 aliphatic heterocycles. The van der Waals surface area contributed by atoms with E-state index in [0.29, 0.717) is 21.5 Å². The van der Waals surface area contributed by atoms with Crippen molar-refractivity contribution in [2.45, 2.75) is 0 Å². The maximum Gasteiger partial charge on any atom is 0.331 e. The average Bonchev–Trinajstić information content (AvgIpc) is 2.58. The van der Waals surface area contributed by atoms with E-state index < -0.39 is 18.5 Å². The smallest absolute Gasteiger partial charge is 0.331 e. The minimum atomic E-state index is -0.645. The minimum Gasteiger partial charge on any atom is -0.495 e. The van der Waals surface area contributed by atoms with Crippen molar-refractivity contribution in [3.63, 3.8) is 0 Å². The van der Waals surface area contributed by atoms with Gasteiger partial charge in [-0.1, -0.05) is 35.3 Å². The highest BCUT2D eigenvalue weighted by atomic mass is 35.5. The van der Waals surface area contributed by atoms with Crippen molar-refractivity contribution in [2.75, 3.05) is 19.0 Å². The van der Waals surface area contributed by atoms with E-state index in [1.807, 2.05) is 0 Å². The van der Waals surface area contributed by atoms with Gasteiger partial charge in [-0.05, 0) is 42.0 Å². The zero-order chi connectivity index (χ0) is 18.2. The van der Waals surface area contributed by atoms with Crippen LogP contribution >= 0.6 is 23.2 Å². The van der Waals surface area contributed by atoms with Crippen LogP contribution in [0.5, 0.6) is 5.75 Å². The zero-order valence-corrected chi connectivity index (χ0v) is 14.8.